The molecule has 0 saturated carbocycles. The lowest BCUT2D eigenvalue weighted by Crippen LogP contribution is -2.22. The highest BCUT2D eigenvalue weighted by Gasteiger charge is 2.17. The van der Waals surface area contributed by atoms with Gasteiger partial charge in [-0.1, -0.05) is 23.5 Å². The minimum absolute atomic E-state index is 0.0653. The fraction of sp³-hybridized carbons (Fsp3) is 0.250. The molecule has 0 bridgehead atoms. The van der Waals surface area contributed by atoms with Gasteiger partial charge in [0.15, 0.2) is 10.6 Å². The highest BCUT2D eigenvalue weighted by Crippen LogP contribution is 2.22. The van der Waals surface area contributed by atoms with Crippen molar-refractivity contribution >= 4 is 34.7 Å². The third-order valence-electron chi connectivity index (χ3n) is 2.97. The van der Waals surface area contributed by atoms with Crippen LogP contribution in [0.4, 0.5) is 5.69 Å². The molecule has 120 valence electrons. The second-order valence-corrected chi connectivity index (χ2v) is 6.09. The molecule has 0 unspecified atom stereocenters. The summed E-state index contributed by atoms with van der Waals surface area (Å²) in [5.41, 5.74) is 1.08. The van der Waals surface area contributed by atoms with Crippen LogP contribution in [-0.4, -0.2) is 22.2 Å². The van der Waals surface area contributed by atoms with Crippen molar-refractivity contribution in [1.82, 2.24) is 4.57 Å². The molecule has 0 aliphatic rings. The van der Waals surface area contributed by atoms with Crippen LogP contribution in [-0.2, 0) is 4.79 Å². The van der Waals surface area contributed by atoms with Crippen molar-refractivity contribution in [3.8, 4) is 5.88 Å². The molecule has 0 fully saturated rings. The number of hydrogen-bond donors (Lipinski definition) is 0. The molecule has 1 aromatic heterocycles. The second-order valence-electron chi connectivity index (χ2n) is 4.91. The molecular weight excluding hydrogens is 316 g/mol. The Bertz CT molecular complexity index is 861. The fourth-order valence-corrected chi connectivity index (χ4v) is 2.93. The maximum Gasteiger partial charge on any atom is 0.309 e. The van der Waals surface area contributed by atoms with Gasteiger partial charge in [-0.05, 0) is 26.0 Å². The Balaban J connectivity index is 2.63. The van der Waals surface area contributed by atoms with Gasteiger partial charge in [-0.15, -0.1) is 0 Å². The summed E-state index contributed by atoms with van der Waals surface area (Å²) in [5, 5.41) is 0. The first-order chi connectivity index (χ1) is 10.8. The number of Topliss-reactive ketones (excluding diaryl/α,β-unsaturated/α-hetero) is 1. The summed E-state index contributed by atoms with van der Waals surface area (Å²) < 4.78 is 6.37. The van der Waals surface area contributed by atoms with Crippen LogP contribution in [0.3, 0.4) is 0 Å². The number of aryl methyl sites for hydroxylation is 1. The van der Waals surface area contributed by atoms with Crippen molar-refractivity contribution in [2.24, 2.45) is 4.99 Å². The minimum atomic E-state index is -0.508. The monoisotopic (exact) mass is 332 g/mol. The van der Waals surface area contributed by atoms with Gasteiger partial charge in [0.2, 0.25) is 11.8 Å². The topological polar surface area (TPSA) is 77.7 Å². The van der Waals surface area contributed by atoms with Gasteiger partial charge < -0.3 is 4.74 Å². The molecule has 23 heavy (non-hydrogen) atoms. The first kappa shape index (κ1) is 16.8. The average molecular weight is 332 g/mol. The molecule has 0 aliphatic carbocycles. The number of thiazole rings is 1. The van der Waals surface area contributed by atoms with Crippen LogP contribution >= 0.6 is 11.3 Å². The van der Waals surface area contributed by atoms with E-state index in [1.54, 1.807) is 31.2 Å². The summed E-state index contributed by atoms with van der Waals surface area (Å²) in [6.45, 7) is 5.86. The molecule has 0 saturated heterocycles. The van der Waals surface area contributed by atoms with Crippen molar-refractivity contribution in [2.75, 3.05) is 0 Å². The van der Waals surface area contributed by atoms with E-state index in [0.717, 1.165) is 0 Å². The molecule has 7 heteroatoms. The van der Waals surface area contributed by atoms with E-state index >= 15 is 0 Å². The molecule has 2 aromatic rings. The van der Waals surface area contributed by atoms with Gasteiger partial charge in [0.05, 0.1) is 10.6 Å². The lowest BCUT2D eigenvalue weighted by molar-refractivity contribution is -0.132. The van der Waals surface area contributed by atoms with E-state index < -0.39 is 5.97 Å². The molecule has 1 aromatic carbocycles. The van der Waals surface area contributed by atoms with Gasteiger partial charge in [0.25, 0.3) is 0 Å². The number of aromatic nitrogens is 1. The average Bonchev–Trinajstić information content (AvgIpc) is 2.74. The lowest BCUT2D eigenvalue weighted by atomic mass is 10.1. The molecule has 0 aliphatic heterocycles. The third kappa shape index (κ3) is 3.81. The minimum Gasteiger partial charge on any atom is -0.408 e. The Labute approximate surface area is 137 Å². The summed E-state index contributed by atoms with van der Waals surface area (Å²) >= 11 is 1.23. The number of hydrogen-bond acceptors (Lipinski definition) is 6. The number of esters is 1. The predicted molar refractivity (Wildman–Crippen MR) is 86.3 cm³/mol. The number of ketones is 1. The van der Waals surface area contributed by atoms with Crippen LogP contribution in [0.1, 0.15) is 40.8 Å². The lowest BCUT2D eigenvalue weighted by Gasteiger charge is -2.04. The zero-order valence-corrected chi connectivity index (χ0v) is 14.1. The van der Waals surface area contributed by atoms with Crippen LogP contribution in [0.2, 0.25) is 0 Å². The number of carbonyl (C=O) groups is 3. The van der Waals surface area contributed by atoms with Gasteiger partial charge in [-0.3, -0.25) is 14.4 Å². The van der Waals surface area contributed by atoms with Crippen molar-refractivity contribution in [2.45, 2.75) is 27.7 Å². The molecule has 0 atom stereocenters. The van der Waals surface area contributed by atoms with E-state index in [0.29, 0.717) is 20.9 Å². The molecule has 0 radical (unpaired) electrons. The number of carbonyl (C=O) groups excluding carboxylic acids is 3. The number of nitrogens with zero attached hydrogens (tertiary/aromatic N) is 2. The van der Waals surface area contributed by atoms with Gasteiger partial charge in [0, 0.05) is 19.4 Å². The third-order valence-corrected chi connectivity index (χ3v) is 3.91. The summed E-state index contributed by atoms with van der Waals surface area (Å²) in [5.74, 6) is -0.709. The first-order valence-corrected chi connectivity index (χ1v) is 7.68. The highest BCUT2D eigenvalue weighted by atomic mass is 32.1. The summed E-state index contributed by atoms with van der Waals surface area (Å²) in [6.07, 6.45) is 0. The molecule has 0 spiro atoms. The Kier molecular flexibility index (Phi) is 4.90. The molecule has 6 nitrogen and oxygen atoms in total. The summed E-state index contributed by atoms with van der Waals surface area (Å²) in [6, 6.07) is 6.80. The Morgan fingerprint density at radius 1 is 1.17 bits per heavy atom. The molecule has 0 amide bonds. The van der Waals surface area contributed by atoms with Crippen molar-refractivity contribution in [1.29, 1.82) is 0 Å². The van der Waals surface area contributed by atoms with E-state index in [4.69, 9.17) is 4.74 Å². The Hall–Kier alpha value is -2.54. The zero-order chi connectivity index (χ0) is 17.1. The van der Waals surface area contributed by atoms with Crippen LogP contribution in [0.25, 0.3) is 0 Å². The van der Waals surface area contributed by atoms with Crippen LogP contribution in [0.5, 0.6) is 5.88 Å². The van der Waals surface area contributed by atoms with Crippen LogP contribution in [0, 0.1) is 6.92 Å². The maximum absolute atomic E-state index is 11.9. The van der Waals surface area contributed by atoms with E-state index in [-0.39, 0.29) is 17.6 Å². The Morgan fingerprint density at radius 3 is 2.43 bits per heavy atom. The SMILES string of the molecule is CC(=O)Oc1c(C)sc(=Nc2cccc(C(C)=O)c2)n1C(C)=O. The van der Waals surface area contributed by atoms with Crippen molar-refractivity contribution in [3.63, 3.8) is 0 Å². The number of ether oxygens (including phenoxy) is 1. The van der Waals surface area contributed by atoms with E-state index in [9.17, 15) is 14.4 Å². The van der Waals surface area contributed by atoms with Gasteiger partial charge in [-0.25, -0.2) is 9.56 Å². The van der Waals surface area contributed by atoms with Gasteiger partial charge in [-0.2, -0.15) is 0 Å². The largest absolute Gasteiger partial charge is 0.408 e. The summed E-state index contributed by atoms with van der Waals surface area (Å²) in [7, 11) is 0. The smallest absolute Gasteiger partial charge is 0.309 e. The standard InChI is InChI=1S/C16H16N2O4S/c1-9(19)13-6-5-7-14(8-13)17-16-18(11(3)20)15(10(2)23-16)22-12(4)21/h5-8H,1-4H3. The molecular formula is C16H16N2O4S. The molecule has 2 rings (SSSR count). The van der Waals surface area contributed by atoms with Gasteiger partial charge in [0.1, 0.15) is 0 Å². The van der Waals surface area contributed by atoms with E-state index in [1.807, 2.05) is 0 Å². The van der Waals surface area contributed by atoms with Crippen LogP contribution < -0.4 is 9.54 Å². The van der Waals surface area contributed by atoms with E-state index in [2.05, 4.69) is 4.99 Å². The second kappa shape index (κ2) is 6.70. The molecule has 1 heterocycles. The Morgan fingerprint density at radius 2 is 1.87 bits per heavy atom. The summed E-state index contributed by atoms with van der Waals surface area (Å²) in [4.78, 5) is 40.0. The first-order valence-electron chi connectivity index (χ1n) is 6.87. The predicted octanol–water partition coefficient (Wildman–Crippen LogP) is 2.88. The highest BCUT2D eigenvalue weighted by molar-refractivity contribution is 7.09. The van der Waals surface area contributed by atoms with Crippen molar-refractivity contribution < 1.29 is 19.1 Å². The zero-order valence-electron chi connectivity index (χ0n) is 13.2. The van der Waals surface area contributed by atoms with Gasteiger partial charge >= 0.3 is 5.97 Å². The fourth-order valence-electron chi connectivity index (χ4n) is 1.98. The van der Waals surface area contributed by atoms with E-state index in [1.165, 1.54) is 36.7 Å². The quantitative estimate of drug-likeness (QED) is 0.639. The maximum atomic E-state index is 11.9. The normalized spacial score (nSPS) is 11.4. The van der Waals surface area contributed by atoms with Crippen LogP contribution in [0.15, 0.2) is 29.3 Å². The number of rotatable bonds is 3. The number of benzene rings is 1. The molecule has 0 N–H and O–H groups in total. The van der Waals surface area contributed by atoms with Crippen molar-refractivity contribution in [3.05, 3.63) is 39.5 Å².